The lowest BCUT2D eigenvalue weighted by molar-refractivity contribution is -0.137. The first kappa shape index (κ1) is 20.7. The largest absolute Gasteiger partial charge is 0.416 e. The molecule has 1 aliphatic heterocycles. The number of fused-ring (bicyclic) bond motifs is 1. The van der Waals surface area contributed by atoms with Crippen LogP contribution in [0.15, 0.2) is 77.7 Å². The van der Waals surface area contributed by atoms with Crippen LogP contribution in [0.2, 0.25) is 5.02 Å². The van der Waals surface area contributed by atoms with Crippen LogP contribution in [-0.2, 0) is 22.7 Å². The van der Waals surface area contributed by atoms with E-state index in [1.54, 1.807) is 42.5 Å². The number of anilines is 1. The molecule has 156 valence electrons. The van der Waals surface area contributed by atoms with E-state index in [-0.39, 0.29) is 11.4 Å². The van der Waals surface area contributed by atoms with Crippen LogP contribution in [0.4, 0.5) is 18.9 Å². The zero-order valence-electron chi connectivity index (χ0n) is 15.4. The van der Waals surface area contributed by atoms with Gasteiger partial charge in [-0.3, -0.25) is 0 Å². The first-order valence-corrected chi connectivity index (χ1v) is 10.8. The molecule has 9 heteroatoms. The summed E-state index contributed by atoms with van der Waals surface area (Å²) in [5.41, 5.74) is 0.642. The zero-order valence-corrected chi connectivity index (χ0v) is 17.0. The fraction of sp³-hybridized carbons (Fsp3) is 0.143. The predicted octanol–water partition coefficient (Wildman–Crippen LogP) is 5.67. The number of nitrogens with zero attached hydrogens (tertiary/aromatic N) is 1. The normalized spacial score (nSPS) is 18.5. The van der Waals surface area contributed by atoms with Gasteiger partial charge in [-0.15, -0.1) is 0 Å². The number of halogens is 4. The molecule has 30 heavy (non-hydrogen) atoms. The Bertz CT molecular complexity index is 1180. The standard InChI is InChI=1S/C21H16ClF3N2O2S/c22-17-5-3-4-14(12-17)13-27-20(15-8-10-16(11-9-15)21(23,24)25)26-18-6-1-2-7-19(18)30(27,28)29/h1-12,20,26H,13H2/t20-/m1/s1. The van der Waals surface area contributed by atoms with Crippen LogP contribution in [0.5, 0.6) is 0 Å². The molecule has 0 bridgehead atoms. The topological polar surface area (TPSA) is 49.4 Å². The highest BCUT2D eigenvalue weighted by atomic mass is 35.5. The van der Waals surface area contributed by atoms with E-state index in [0.717, 1.165) is 12.1 Å². The number of nitrogens with one attached hydrogen (secondary N) is 1. The molecule has 1 atom stereocenters. The molecule has 4 rings (SSSR count). The molecule has 0 aromatic heterocycles. The molecule has 3 aromatic rings. The Morgan fingerprint density at radius 2 is 1.67 bits per heavy atom. The van der Waals surface area contributed by atoms with Gasteiger partial charge in [-0.2, -0.15) is 17.5 Å². The second-order valence-electron chi connectivity index (χ2n) is 6.84. The van der Waals surface area contributed by atoms with Crippen molar-refractivity contribution < 1.29 is 21.6 Å². The number of alkyl halides is 3. The van der Waals surface area contributed by atoms with Gasteiger partial charge in [-0.25, -0.2) is 8.42 Å². The predicted molar refractivity (Wildman–Crippen MR) is 108 cm³/mol. The van der Waals surface area contributed by atoms with E-state index in [0.29, 0.717) is 21.8 Å². The third-order valence-corrected chi connectivity index (χ3v) is 6.94. The van der Waals surface area contributed by atoms with Crippen molar-refractivity contribution in [1.82, 2.24) is 4.31 Å². The third-order valence-electron chi connectivity index (χ3n) is 4.84. The first-order chi connectivity index (χ1) is 14.2. The maximum Gasteiger partial charge on any atom is 0.416 e. The van der Waals surface area contributed by atoms with E-state index in [2.05, 4.69) is 5.32 Å². The Labute approximate surface area is 177 Å². The Hall–Kier alpha value is -2.55. The zero-order chi connectivity index (χ0) is 21.5. The van der Waals surface area contributed by atoms with E-state index in [1.807, 2.05) is 0 Å². The average Bonchev–Trinajstić information content (AvgIpc) is 2.70. The lowest BCUT2D eigenvalue weighted by Gasteiger charge is -2.37. The van der Waals surface area contributed by atoms with Gasteiger partial charge in [-0.05, 0) is 47.5 Å². The Kier molecular flexibility index (Phi) is 5.25. The summed E-state index contributed by atoms with van der Waals surface area (Å²) in [6.07, 6.45) is -5.36. The van der Waals surface area contributed by atoms with Crippen LogP contribution >= 0.6 is 11.6 Å². The molecule has 0 unspecified atom stereocenters. The lowest BCUT2D eigenvalue weighted by Crippen LogP contribution is -2.42. The highest BCUT2D eigenvalue weighted by molar-refractivity contribution is 7.89. The highest BCUT2D eigenvalue weighted by Gasteiger charge is 2.39. The number of rotatable bonds is 3. The Morgan fingerprint density at radius 3 is 2.33 bits per heavy atom. The van der Waals surface area contributed by atoms with Crippen molar-refractivity contribution in [3.8, 4) is 0 Å². The summed E-state index contributed by atoms with van der Waals surface area (Å²) in [7, 11) is -3.92. The fourth-order valence-electron chi connectivity index (χ4n) is 3.39. The molecular formula is C21H16ClF3N2O2S. The summed E-state index contributed by atoms with van der Waals surface area (Å²) in [4.78, 5) is 0.107. The lowest BCUT2D eigenvalue weighted by atomic mass is 10.1. The summed E-state index contributed by atoms with van der Waals surface area (Å²) in [6, 6.07) is 17.7. The molecule has 3 aromatic carbocycles. The molecule has 0 radical (unpaired) electrons. The molecule has 1 aliphatic rings. The summed E-state index contributed by atoms with van der Waals surface area (Å²) < 4.78 is 66.8. The second-order valence-corrected chi connectivity index (χ2v) is 9.14. The molecule has 0 spiro atoms. The van der Waals surface area contributed by atoms with Crippen LogP contribution < -0.4 is 5.32 Å². The van der Waals surface area contributed by atoms with Gasteiger partial charge in [0.1, 0.15) is 11.1 Å². The molecule has 0 saturated heterocycles. The van der Waals surface area contributed by atoms with Crippen molar-refractivity contribution in [2.24, 2.45) is 0 Å². The van der Waals surface area contributed by atoms with Crippen molar-refractivity contribution in [1.29, 1.82) is 0 Å². The molecule has 1 N–H and O–H groups in total. The molecule has 0 saturated carbocycles. The van der Waals surface area contributed by atoms with Crippen LogP contribution in [0.25, 0.3) is 0 Å². The van der Waals surface area contributed by atoms with E-state index >= 15 is 0 Å². The number of benzene rings is 3. The van der Waals surface area contributed by atoms with E-state index < -0.39 is 27.9 Å². The van der Waals surface area contributed by atoms with Gasteiger partial charge in [0, 0.05) is 11.6 Å². The minimum absolute atomic E-state index is 0.00405. The van der Waals surface area contributed by atoms with E-state index in [1.165, 1.54) is 22.5 Å². The number of hydrogen-bond acceptors (Lipinski definition) is 3. The van der Waals surface area contributed by atoms with Gasteiger partial charge < -0.3 is 5.32 Å². The van der Waals surface area contributed by atoms with Gasteiger partial charge >= 0.3 is 6.18 Å². The number of para-hydroxylation sites is 1. The van der Waals surface area contributed by atoms with Crippen molar-refractivity contribution >= 4 is 27.3 Å². The summed E-state index contributed by atoms with van der Waals surface area (Å²) in [6.45, 7) is -0.00405. The quantitative estimate of drug-likeness (QED) is 0.556. The summed E-state index contributed by atoms with van der Waals surface area (Å²) >= 11 is 6.04. The Balaban J connectivity index is 1.80. The van der Waals surface area contributed by atoms with Gasteiger partial charge in [0.15, 0.2) is 0 Å². The number of hydrogen-bond donors (Lipinski definition) is 1. The number of sulfonamides is 1. The monoisotopic (exact) mass is 452 g/mol. The van der Waals surface area contributed by atoms with E-state index in [9.17, 15) is 21.6 Å². The minimum Gasteiger partial charge on any atom is -0.364 e. The highest BCUT2D eigenvalue weighted by Crippen LogP contribution is 2.40. The van der Waals surface area contributed by atoms with Gasteiger partial charge in [0.05, 0.1) is 11.3 Å². The molecule has 4 nitrogen and oxygen atoms in total. The third kappa shape index (κ3) is 3.90. The molecule has 1 heterocycles. The van der Waals surface area contributed by atoms with Gasteiger partial charge in [-0.1, -0.05) is 48.0 Å². The fourth-order valence-corrected chi connectivity index (χ4v) is 5.28. The van der Waals surface area contributed by atoms with Crippen molar-refractivity contribution in [2.75, 3.05) is 5.32 Å². The van der Waals surface area contributed by atoms with Crippen molar-refractivity contribution in [3.63, 3.8) is 0 Å². The summed E-state index contributed by atoms with van der Waals surface area (Å²) in [5, 5.41) is 3.60. The smallest absolute Gasteiger partial charge is 0.364 e. The summed E-state index contributed by atoms with van der Waals surface area (Å²) in [5.74, 6) is 0. The first-order valence-electron chi connectivity index (χ1n) is 8.95. The van der Waals surface area contributed by atoms with E-state index in [4.69, 9.17) is 11.6 Å². The Morgan fingerprint density at radius 1 is 0.967 bits per heavy atom. The van der Waals surface area contributed by atoms with Crippen molar-refractivity contribution in [3.05, 3.63) is 94.5 Å². The average molecular weight is 453 g/mol. The second kappa shape index (κ2) is 7.61. The SMILES string of the molecule is O=S1(=O)c2ccccc2N[C@@H](c2ccc(C(F)(F)F)cc2)N1Cc1cccc(Cl)c1. The molecule has 0 aliphatic carbocycles. The molecular weight excluding hydrogens is 437 g/mol. The van der Waals surface area contributed by atoms with Crippen molar-refractivity contribution in [2.45, 2.75) is 23.8 Å². The van der Waals surface area contributed by atoms with Crippen LogP contribution in [-0.4, -0.2) is 12.7 Å². The minimum atomic E-state index is -4.47. The molecule has 0 amide bonds. The molecule has 0 fully saturated rings. The van der Waals surface area contributed by atoms with Crippen LogP contribution in [0.3, 0.4) is 0 Å². The van der Waals surface area contributed by atoms with Gasteiger partial charge in [0.2, 0.25) is 10.0 Å². The van der Waals surface area contributed by atoms with Crippen LogP contribution in [0.1, 0.15) is 22.9 Å². The maximum atomic E-state index is 13.4. The van der Waals surface area contributed by atoms with Crippen LogP contribution in [0, 0.1) is 0 Å². The van der Waals surface area contributed by atoms with Gasteiger partial charge in [0.25, 0.3) is 0 Å². The maximum absolute atomic E-state index is 13.4.